The van der Waals surface area contributed by atoms with Crippen LogP contribution in [0.2, 0.25) is 0 Å². The lowest BCUT2D eigenvalue weighted by Gasteiger charge is -2.24. The topological polar surface area (TPSA) is 95.9 Å². The Morgan fingerprint density at radius 1 is 0.492 bits per heavy atom. The second kappa shape index (κ2) is 48.3. The molecular weight excluding hydrogens is 755 g/mol. The third kappa shape index (κ3) is 43.7. The maximum atomic E-state index is 13.2. The van der Waals surface area contributed by atoms with Gasteiger partial charge < -0.3 is 20.3 Å². The number of unbranched alkanes of at least 4 members (excludes halogenated alkanes) is 21. The lowest BCUT2D eigenvalue weighted by Crippen LogP contribution is -2.46. The van der Waals surface area contributed by atoms with Crippen molar-refractivity contribution < 1.29 is 24.5 Å². The molecule has 0 bridgehead atoms. The predicted octanol–water partition coefficient (Wildman–Crippen LogP) is 15.4. The molecule has 0 radical (unpaired) electrons. The van der Waals surface area contributed by atoms with E-state index in [1.54, 1.807) is 0 Å². The van der Waals surface area contributed by atoms with Crippen LogP contribution in [0, 0.1) is 0 Å². The summed E-state index contributed by atoms with van der Waals surface area (Å²) in [6, 6.07) is -0.712. The second-order valence-electron chi connectivity index (χ2n) is 17.2. The molecule has 0 saturated carbocycles. The van der Waals surface area contributed by atoms with Crippen molar-refractivity contribution >= 4 is 11.9 Å². The summed E-state index contributed by atoms with van der Waals surface area (Å²) < 4.78 is 5.91. The largest absolute Gasteiger partial charge is 0.462 e. The standard InChI is InChI=1S/C55H97NO5/c1-4-7-10-13-16-19-22-24-25-26-27-28-29-31-33-36-39-42-45-48-55(60)61-51(46-43-40-37-34-32-30-23-20-17-14-11-8-5-2)49-54(59)56-52(50-57)53(58)47-44-41-38-35-21-18-15-12-9-6-3/h7,10,16,19-20,23-25,27-28,31,33,51-53,57-58H,4-6,8-9,11-15,17-18,21-22,26,29-30,32,34-50H2,1-3H3,(H,56,59)/b10-7-,19-16-,23-20-,25-24-,28-27-,33-31-. The number of hydrogen-bond acceptors (Lipinski definition) is 5. The van der Waals surface area contributed by atoms with E-state index in [1.165, 1.54) is 89.9 Å². The van der Waals surface area contributed by atoms with E-state index in [2.05, 4.69) is 99.0 Å². The van der Waals surface area contributed by atoms with Gasteiger partial charge in [-0.05, 0) is 96.3 Å². The number of nitrogens with one attached hydrogen (secondary N) is 1. The first-order valence-electron chi connectivity index (χ1n) is 25.7. The number of rotatable bonds is 45. The van der Waals surface area contributed by atoms with Gasteiger partial charge in [0, 0.05) is 6.42 Å². The van der Waals surface area contributed by atoms with Crippen LogP contribution in [0.4, 0.5) is 0 Å². The van der Waals surface area contributed by atoms with Crippen LogP contribution in [0.1, 0.15) is 239 Å². The highest BCUT2D eigenvalue weighted by Gasteiger charge is 2.24. The van der Waals surface area contributed by atoms with Gasteiger partial charge in [0.05, 0.1) is 25.2 Å². The minimum absolute atomic E-state index is 0.0559. The van der Waals surface area contributed by atoms with Gasteiger partial charge in [-0.2, -0.15) is 0 Å². The first kappa shape index (κ1) is 58.3. The van der Waals surface area contributed by atoms with Crippen LogP contribution in [-0.4, -0.2) is 46.9 Å². The summed E-state index contributed by atoms with van der Waals surface area (Å²) in [6.07, 6.45) is 61.0. The predicted molar refractivity (Wildman–Crippen MR) is 264 cm³/mol. The molecule has 0 aliphatic heterocycles. The number of esters is 1. The number of ether oxygens (including phenoxy) is 1. The molecule has 0 aromatic rings. The third-order valence-corrected chi connectivity index (χ3v) is 11.3. The lowest BCUT2D eigenvalue weighted by molar-refractivity contribution is -0.151. The zero-order valence-corrected chi connectivity index (χ0v) is 40.0. The van der Waals surface area contributed by atoms with Crippen LogP contribution in [0.3, 0.4) is 0 Å². The third-order valence-electron chi connectivity index (χ3n) is 11.3. The van der Waals surface area contributed by atoms with Gasteiger partial charge in [0.15, 0.2) is 0 Å². The molecule has 0 fully saturated rings. The van der Waals surface area contributed by atoms with Crippen molar-refractivity contribution in [3.8, 4) is 0 Å². The fraction of sp³-hybridized carbons (Fsp3) is 0.745. The first-order valence-corrected chi connectivity index (χ1v) is 25.7. The van der Waals surface area contributed by atoms with Crippen LogP contribution >= 0.6 is 0 Å². The number of carbonyl (C=O) groups is 2. The van der Waals surface area contributed by atoms with Gasteiger partial charge >= 0.3 is 5.97 Å². The van der Waals surface area contributed by atoms with E-state index in [-0.39, 0.29) is 24.9 Å². The molecule has 352 valence electrons. The fourth-order valence-electron chi connectivity index (χ4n) is 7.39. The van der Waals surface area contributed by atoms with E-state index in [0.717, 1.165) is 103 Å². The second-order valence-corrected chi connectivity index (χ2v) is 17.2. The smallest absolute Gasteiger partial charge is 0.306 e. The molecular formula is C55H97NO5. The van der Waals surface area contributed by atoms with Crippen LogP contribution in [-0.2, 0) is 14.3 Å². The monoisotopic (exact) mass is 852 g/mol. The number of aliphatic hydroxyl groups excluding tert-OH is 2. The Hall–Kier alpha value is -2.70. The van der Waals surface area contributed by atoms with Gasteiger partial charge in [-0.3, -0.25) is 9.59 Å². The Balaban J connectivity index is 4.64. The molecule has 3 atom stereocenters. The average molecular weight is 852 g/mol. The molecule has 0 heterocycles. The molecule has 0 aromatic carbocycles. The highest BCUT2D eigenvalue weighted by Crippen LogP contribution is 2.17. The van der Waals surface area contributed by atoms with Crippen molar-refractivity contribution in [2.24, 2.45) is 0 Å². The molecule has 0 spiro atoms. The number of hydrogen-bond donors (Lipinski definition) is 3. The Morgan fingerprint density at radius 3 is 1.38 bits per heavy atom. The van der Waals surface area contributed by atoms with Gasteiger partial charge in [-0.1, -0.05) is 203 Å². The van der Waals surface area contributed by atoms with Crippen LogP contribution in [0.5, 0.6) is 0 Å². The summed E-state index contributed by atoms with van der Waals surface area (Å²) >= 11 is 0. The molecule has 0 rings (SSSR count). The van der Waals surface area contributed by atoms with Gasteiger partial charge in [0.25, 0.3) is 0 Å². The van der Waals surface area contributed by atoms with Gasteiger partial charge in [0.1, 0.15) is 6.10 Å². The van der Waals surface area contributed by atoms with Crippen LogP contribution < -0.4 is 5.32 Å². The van der Waals surface area contributed by atoms with Crippen molar-refractivity contribution in [2.75, 3.05) is 6.61 Å². The molecule has 0 aliphatic carbocycles. The maximum Gasteiger partial charge on any atom is 0.306 e. The van der Waals surface area contributed by atoms with Gasteiger partial charge in [-0.15, -0.1) is 0 Å². The van der Waals surface area contributed by atoms with E-state index < -0.39 is 18.2 Å². The van der Waals surface area contributed by atoms with Crippen molar-refractivity contribution in [3.05, 3.63) is 72.9 Å². The Labute approximate surface area is 377 Å². The van der Waals surface area contributed by atoms with E-state index in [1.807, 2.05) is 0 Å². The molecule has 6 nitrogen and oxygen atoms in total. The fourth-order valence-corrected chi connectivity index (χ4v) is 7.39. The normalized spacial score (nSPS) is 13.9. The van der Waals surface area contributed by atoms with E-state index in [0.29, 0.717) is 19.3 Å². The minimum Gasteiger partial charge on any atom is -0.462 e. The number of aliphatic hydroxyl groups is 2. The molecule has 0 saturated heterocycles. The summed E-state index contributed by atoms with van der Waals surface area (Å²) in [7, 11) is 0. The summed E-state index contributed by atoms with van der Waals surface area (Å²) in [6.45, 7) is 6.33. The van der Waals surface area contributed by atoms with Crippen molar-refractivity contribution in [1.82, 2.24) is 5.32 Å². The molecule has 3 unspecified atom stereocenters. The van der Waals surface area contributed by atoms with Gasteiger partial charge in [0.2, 0.25) is 5.91 Å². The lowest BCUT2D eigenvalue weighted by atomic mass is 10.0. The zero-order chi connectivity index (χ0) is 44.5. The summed E-state index contributed by atoms with van der Waals surface area (Å²) in [5.41, 5.74) is 0. The number of allylic oxidation sites excluding steroid dienone is 12. The minimum atomic E-state index is -0.797. The van der Waals surface area contributed by atoms with Crippen LogP contribution in [0.25, 0.3) is 0 Å². The Bertz CT molecular complexity index is 1140. The molecule has 0 aromatic heterocycles. The summed E-state index contributed by atoms with van der Waals surface area (Å²) in [5, 5.41) is 23.7. The molecule has 1 amide bonds. The molecule has 0 aliphatic rings. The first-order chi connectivity index (χ1) is 30.0. The van der Waals surface area contributed by atoms with Gasteiger partial charge in [-0.25, -0.2) is 0 Å². The van der Waals surface area contributed by atoms with E-state index in [9.17, 15) is 19.8 Å². The molecule has 6 heteroatoms. The van der Waals surface area contributed by atoms with E-state index in [4.69, 9.17) is 4.74 Å². The maximum absolute atomic E-state index is 13.2. The average Bonchev–Trinajstić information content (AvgIpc) is 3.25. The van der Waals surface area contributed by atoms with Crippen molar-refractivity contribution in [3.63, 3.8) is 0 Å². The van der Waals surface area contributed by atoms with E-state index >= 15 is 0 Å². The summed E-state index contributed by atoms with van der Waals surface area (Å²) in [4.78, 5) is 26.1. The quantitative estimate of drug-likeness (QED) is 0.0322. The zero-order valence-electron chi connectivity index (χ0n) is 40.0. The summed E-state index contributed by atoms with van der Waals surface area (Å²) in [5.74, 6) is -0.522. The highest BCUT2D eigenvalue weighted by atomic mass is 16.5. The number of amides is 1. The molecule has 3 N–H and O–H groups in total. The highest BCUT2D eigenvalue weighted by molar-refractivity contribution is 5.77. The molecule has 61 heavy (non-hydrogen) atoms. The SMILES string of the molecule is CC/C=C\C/C=C\C/C=C\C/C=C\C/C=C\CCCCCC(=O)OC(CCCCCCC/C=C\CCCCCC)CC(=O)NC(CO)C(O)CCCCCCCCCCCC. The van der Waals surface area contributed by atoms with Crippen molar-refractivity contribution in [1.29, 1.82) is 0 Å². The van der Waals surface area contributed by atoms with Crippen molar-refractivity contribution in [2.45, 2.75) is 257 Å². The Morgan fingerprint density at radius 2 is 0.885 bits per heavy atom. The number of carbonyl (C=O) groups excluding carboxylic acids is 2. The van der Waals surface area contributed by atoms with Crippen LogP contribution in [0.15, 0.2) is 72.9 Å². The Kier molecular flexibility index (Phi) is 46.2.